The summed E-state index contributed by atoms with van der Waals surface area (Å²) < 4.78 is 52.9. The van der Waals surface area contributed by atoms with Crippen LogP contribution in [0.4, 0.5) is 23.7 Å². The van der Waals surface area contributed by atoms with Gasteiger partial charge in [-0.25, -0.2) is 4.79 Å². The van der Waals surface area contributed by atoms with E-state index < -0.39 is 17.8 Å². The van der Waals surface area contributed by atoms with Crippen molar-refractivity contribution >= 4 is 17.6 Å². The molecule has 3 aromatic carbocycles. The second kappa shape index (κ2) is 12.1. The summed E-state index contributed by atoms with van der Waals surface area (Å²) in [5.41, 5.74) is 2.52. The van der Waals surface area contributed by atoms with Gasteiger partial charge in [0.2, 0.25) is 0 Å². The maximum atomic E-state index is 13.8. The summed E-state index contributed by atoms with van der Waals surface area (Å²) in [6.45, 7) is 2.69. The van der Waals surface area contributed by atoms with E-state index in [1.165, 1.54) is 23.1 Å². The third kappa shape index (κ3) is 6.15. The number of urea groups is 1. The highest BCUT2D eigenvalue weighted by Gasteiger charge is 2.34. The van der Waals surface area contributed by atoms with Crippen LogP contribution in [0, 0.1) is 6.92 Å². The highest BCUT2D eigenvalue weighted by Crippen LogP contribution is 2.35. The topological polar surface area (TPSA) is 76.0 Å². The van der Waals surface area contributed by atoms with Crippen molar-refractivity contribution in [3.05, 3.63) is 95.7 Å². The third-order valence-corrected chi connectivity index (χ3v) is 7.50. The summed E-state index contributed by atoms with van der Waals surface area (Å²) >= 11 is 0. The molecular formula is C32H31F3N4O4. The molecule has 0 atom stereocenters. The lowest BCUT2D eigenvalue weighted by Crippen LogP contribution is -2.51. The molecule has 43 heavy (non-hydrogen) atoms. The van der Waals surface area contributed by atoms with Gasteiger partial charge in [-0.1, -0.05) is 18.2 Å². The zero-order valence-electron chi connectivity index (χ0n) is 23.9. The summed E-state index contributed by atoms with van der Waals surface area (Å²) in [6, 6.07) is 21.2. The van der Waals surface area contributed by atoms with Crippen molar-refractivity contribution in [1.82, 2.24) is 14.4 Å². The average Bonchev–Trinajstić information content (AvgIpc) is 3.37. The normalized spacial score (nSPS) is 13.5. The van der Waals surface area contributed by atoms with E-state index in [1.54, 1.807) is 19.1 Å². The van der Waals surface area contributed by atoms with Crippen LogP contribution in [-0.4, -0.2) is 66.7 Å². The monoisotopic (exact) mass is 592 g/mol. The zero-order chi connectivity index (χ0) is 30.7. The standard InChI is InChI=1S/C32H31F3N4O4/c1-21-26(20-29(22-11-13-24(42-2)14-12-22)39(21)23-7-6-8-25(19-23)43-3)30(40)37-15-17-38(18-16-37)31(41)36-28-10-5-4-9-27(28)32(33,34)35/h4-14,19-20H,15-18H2,1-3H3,(H,36,41). The van der Waals surface area contributed by atoms with Crippen LogP contribution < -0.4 is 14.8 Å². The molecule has 3 amide bonds. The first-order chi connectivity index (χ1) is 20.6. The van der Waals surface area contributed by atoms with Crippen LogP contribution in [0.1, 0.15) is 21.6 Å². The maximum Gasteiger partial charge on any atom is 0.418 e. The van der Waals surface area contributed by atoms with Gasteiger partial charge in [0.15, 0.2) is 0 Å². The Hall–Kier alpha value is -4.93. The molecule has 0 saturated carbocycles. The molecule has 1 fully saturated rings. The zero-order valence-corrected chi connectivity index (χ0v) is 23.9. The van der Waals surface area contributed by atoms with Crippen molar-refractivity contribution < 1.29 is 32.2 Å². The van der Waals surface area contributed by atoms with E-state index in [-0.39, 0.29) is 37.8 Å². The Bertz CT molecular complexity index is 1620. The van der Waals surface area contributed by atoms with Crippen LogP contribution in [0.25, 0.3) is 16.9 Å². The molecule has 0 spiro atoms. The van der Waals surface area contributed by atoms with Crippen molar-refractivity contribution in [2.75, 3.05) is 45.7 Å². The molecule has 1 N–H and O–H groups in total. The number of methoxy groups -OCH3 is 2. The fourth-order valence-corrected chi connectivity index (χ4v) is 5.20. The number of hydrogen-bond donors (Lipinski definition) is 1. The number of nitrogens with zero attached hydrogens (tertiary/aromatic N) is 3. The predicted molar refractivity (Wildman–Crippen MR) is 157 cm³/mol. The Morgan fingerprint density at radius 1 is 0.791 bits per heavy atom. The fraction of sp³-hybridized carbons (Fsp3) is 0.250. The molecule has 11 heteroatoms. The van der Waals surface area contributed by atoms with Crippen molar-refractivity contribution in [2.24, 2.45) is 0 Å². The van der Waals surface area contributed by atoms with Crippen molar-refractivity contribution in [3.63, 3.8) is 0 Å². The van der Waals surface area contributed by atoms with Gasteiger partial charge in [0.1, 0.15) is 11.5 Å². The Labute approximate surface area is 247 Å². The molecule has 2 heterocycles. The minimum Gasteiger partial charge on any atom is -0.497 e. The van der Waals surface area contributed by atoms with Crippen molar-refractivity contribution in [3.8, 4) is 28.4 Å². The van der Waals surface area contributed by atoms with Gasteiger partial charge in [0, 0.05) is 43.6 Å². The first-order valence-corrected chi connectivity index (χ1v) is 13.6. The van der Waals surface area contributed by atoms with Gasteiger partial charge in [-0.2, -0.15) is 13.2 Å². The molecule has 0 radical (unpaired) electrons. The highest BCUT2D eigenvalue weighted by atomic mass is 19.4. The number of alkyl halides is 3. The van der Waals surface area contributed by atoms with E-state index in [0.717, 1.165) is 28.7 Å². The lowest BCUT2D eigenvalue weighted by molar-refractivity contribution is -0.136. The van der Waals surface area contributed by atoms with E-state index in [1.807, 2.05) is 66.1 Å². The van der Waals surface area contributed by atoms with Gasteiger partial charge in [0.05, 0.1) is 36.7 Å². The van der Waals surface area contributed by atoms with E-state index in [2.05, 4.69) is 5.32 Å². The summed E-state index contributed by atoms with van der Waals surface area (Å²) in [6.07, 6.45) is -4.60. The van der Waals surface area contributed by atoms with Crippen LogP contribution in [0.5, 0.6) is 11.5 Å². The number of carbonyl (C=O) groups excluding carboxylic acids is 2. The number of anilines is 1. The number of amides is 3. The number of aromatic nitrogens is 1. The van der Waals surface area contributed by atoms with Gasteiger partial charge in [-0.05, 0) is 67.1 Å². The van der Waals surface area contributed by atoms with Gasteiger partial charge in [0.25, 0.3) is 5.91 Å². The molecule has 0 unspecified atom stereocenters. The lowest BCUT2D eigenvalue weighted by atomic mass is 10.1. The summed E-state index contributed by atoms with van der Waals surface area (Å²) in [4.78, 5) is 29.7. The first kappa shape index (κ1) is 29.6. The molecule has 0 bridgehead atoms. The molecule has 1 aliphatic rings. The summed E-state index contributed by atoms with van der Waals surface area (Å²) in [7, 11) is 3.19. The van der Waals surface area contributed by atoms with Gasteiger partial charge in [-0.3, -0.25) is 4.79 Å². The second-order valence-corrected chi connectivity index (χ2v) is 10.0. The minimum absolute atomic E-state index is 0.173. The number of carbonyl (C=O) groups is 2. The molecule has 1 aromatic heterocycles. The molecule has 1 aliphatic heterocycles. The molecule has 8 nitrogen and oxygen atoms in total. The first-order valence-electron chi connectivity index (χ1n) is 13.6. The number of nitrogens with one attached hydrogen (secondary N) is 1. The van der Waals surface area contributed by atoms with Crippen molar-refractivity contribution in [2.45, 2.75) is 13.1 Å². The Morgan fingerprint density at radius 2 is 1.44 bits per heavy atom. The molecule has 4 aromatic rings. The Kier molecular flexibility index (Phi) is 8.33. The molecule has 5 rings (SSSR count). The van der Waals surface area contributed by atoms with E-state index in [4.69, 9.17) is 9.47 Å². The van der Waals surface area contributed by atoms with E-state index in [9.17, 15) is 22.8 Å². The average molecular weight is 593 g/mol. The number of rotatable bonds is 6. The van der Waals surface area contributed by atoms with E-state index in [0.29, 0.717) is 17.1 Å². The molecular weight excluding hydrogens is 561 g/mol. The predicted octanol–water partition coefficient (Wildman–Crippen LogP) is 6.48. The number of ether oxygens (including phenoxy) is 2. The smallest absolute Gasteiger partial charge is 0.418 e. The van der Waals surface area contributed by atoms with Crippen LogP contribution >= 0.6 is 0 Å². The van der Waals surface area contributed by atoms with Crippen LogP contribution in [0.3, 0.4) is 0 Å². The second-order valence-electron chi connectivity index (χ2n) is 10.0. The number of hydrogen-bond acceptors (Lipinski definition) is 4. The Balaban J connectivity index is 1.37. The fourth-order valence-electron chi connectivity index (χ4n) is 5.20. The third-order valence-electron chi connectivity index (χ3n) is 7.50. The number of halogens is 3. The quantitative estimate of drug-likeness (QED) is 0.278. The Morgan fingerprint density at radius 3 is 2.09 bits per heavy atom. The maximum absolute atomic E-state index is 13.8. The molecule has 224 valence electrons. The summed E-state index contributed by atoms with van der Waals surface area (Å²) in [5, 5.41) is 2.38. The van der Waals surface area contributed by atoms with Gasteiger partial charge >= 0.3 is 12.2 Å². The summed E-state index contributed by atoms with van der Waals surface area (Å²) in [5.74, 6) is 1.18. The molecule has 1 saturated heterocycles. The lowest BCUT2D eigenvalue weighted by Gasteiger charge is -2.35. The van der Waals surface area contributed by atoms with Crippen LogP contribution in [-0.2, 0) is 6.18 Å². The SMILES string of the molecule is COc1ccc(-c2cc(C(=O)N3CCN(C(=O)Nc4ccccc4C(F)(F)F)CC3)c(C)n2-c2cccc(OC)c2)cc1. The minimum atomic E-state index is -4.60. The molecule has 0 aliphatic carbocycles. The number of piperazine rings is 1. The number of para-hydroxylation sites is 1. The van der Waals surface area contributed by atoms with Crippen molar-refractivity contribution in [1.29, 1.82) is 0 Å². The van der Waals surface area contributed by atoms with Gasteiger partial charge in [-0.15, -0.1) is 0 Å². The largest absolute Gasteiger partial charge is 0.497 e. The van der Waals surface area contributed by atoms with Crippen LogP contribution in [0.15, 0.2) is 78.9 Å². The van der Waals surface area contributed by atoms with Gasteiger partial charge < -0.3 is 29.2 Å². The highest BCUT2D eigenvalue weighted by molar-refractivity contribution is 5.98. The van der Waals surface area contributed by atoms with Crippen LogP contribution in [0.2, 0.25) is 0 Å². The van der Waals surface area contributed by atoms with E-state index >= 15 is 0 Å². The number of benzene rings is 3.